The maximum Gasteiger partial charge on any atom is 0.219 e. The molecule has 0 amide bonds. The molecular formula is C15H18N2O3S. The molecule has 0 aliphatic rings. The minimum absolute atomic E-state index is 0.178. The van der Waals surface area contributed by atoms with Crippen molar-refractivity contribution in [2.75, 3.05) is 13.3 Å². The normalized spacial score (nSPS) is 12.9. The molecule has 0 fully saturated rings. The van der Waals surface area contributed by atoms with Crippen molar-refractivity contribution in [3.63, 3.8) is 0 Å². The Morgan fingerprint density at radius 3 is 2.67 bits per heavy atom. The Bertz CT molecular complexity index is 729. The summed E-state index contributed by atoms with van der Waals surface area (Å²) in [6, 6.07) is 10.3. The van der Waals surface area contributed by atoms with Crippen LogP contribution in [0.15, 0.2) is 47.5 Å². The fourth-order valence-electron chi connectivity index (χ4n) is 1.81. The predicted molar refractivity (Wildman–Crippen MR) is 81.3 cm³/mol. The van der Waals surface area contributed by atoms with Crippen LogP contribution in [0.2, 0.25) is 0 Å². The summed E-state index contributed by atoms with van der Waals surface area (Å²) in [6.07, 6.45) is 2.83. The van der Waals surface area contributed by atoms with Crippen LogP contribution in [0, 0.1) is 0 Å². The van der Waals surface area contributed by atoms with E-state index in [1.54, 1.807) is 18.3 Å². The van der Waals surface area contributed by atoms with Gasteiger partial charge in [0.15, 0.2) is 9.84 Å². The monoisotopic (exact) mass is 306 g/mol. The van der Waals surface area contributed by atoms with E-state index in [1.807, 2.05) is 26.1 Å². The Morgan fingerprint density at radius 2 is 2.00 bits per heavy atom. The average Bonchev–Trinajstić information content (AvgIpc) is 2.46. The lowest BCUT2D eigenvalue weighted by molar-refractivity contribution is 0.459. The summed E-state index contributed by atoms with van der Waals surface area (Å²) in [5, 5.41) is 3.14. The van der Waals surface area contributed by atoms with E-state index in [2.05, 4.69) is 10.3 Å². The molecule has 0 aliphatic carbocycles. The van der Waals surface area contributed by atoms with Crippen molar-refractivity contribution < 1.29 is 13.2 Å². The van der Waals surface area contributed by atoms with Crippen LogP contribution in [0.3, 0.4) is 0 Å². The molecule has 2 aromatic rings. The smallest absolute Gasteiger partial charge is 0.219 e. The van der Waals surface area contributed by atoms with Crippen molar-refractivity contribution in [3.05, 3.63) is 48.2 Å². The van der Waals surface area contributed by atoms with E-state index in [4.69, 9.17) is 4.74 Å². The van der Waals surface area contributed by atoms with Gasteiger partial charge < -0.3 is 10.1 Å². The van der Waals surface area contributed by atoms with Gasteiger partial charge in [-0.05, 0) is 43.8 Å². The summed E-state index contributed by atoms with van der Waals surface area (Å²) in [7, 11) is -1.38. The second-order valence-electron chi connectivity index (χ2n) is 4.79. The number of rotatable bonds is 5. The Labute approximate surface area is 124 Å². The fraction of sp³-hybridized carbons (Fsp3) is 0.267. The lowest BCUT2D eigenvalue weighted by Crippen LogP contribution is -2.12. The van der Waals surface area contributed by atoms with E-state index in [9.17, 15) is 8.42 Å². The number of benzene rings is 1. The molecule has 21 heavy (non-hydrogen) atoms. The van der Waals surface area contributed by atoms with Crippen molar-refractivity contribution >= 4 is 9.84 Å². The second-order valence-corrected chi connectivity index (χ2v) is 6.80. The van der Waals surface area contributed by atoms with Crippen molar-refractivity contribution in [3.8, 4) is 11.6 Å². The summed E-state index contributed by atoms with van der Waals surface area (Å²) >= 11 is 0. The number of hydrogen-bond donors (Lipinski definition) is 1. The van der Waals surface area contributed by atoms with Gasteiger partial charge in [-0.25, -0.2) is 13.4 Å². The van der Waals surface area contributed by atoms with Gasteiger partial charge in [0.1, 0.15) is 5.75 Å². The highest BCUT2D eigenvalue weighted by atomic mass is 32.2. The fourth-order valence-corrected chi connectivity index (χ4v) is 2.46. The zero-order chi connectivity index (χ0) is 15.5. The summed E-state index contributed by atoms with van der Waals surface area (Å²) < 4.78 is 28.7. The Hall–Kier alpha value is -1.92. The molecule has 1 heterocycles. The van der Waals surface area contributed by atoms with Crippen LogP contribution < -0.4 is 10.1 Å². The molecule has 0 spiro atoms. The van der Waals surface area contributed by atoms with Crippen LogP contribution in [-0.4, -0.2) is 26.7 Å². The highest BCUT2D eigenvalue weighted by molar-refractivity contribution is 7.90. The van der Waals surface area contributed by atoms with Gasteiger partial charge in [-0.1, -0.05) is 6.07 Å². The van der Waals surface area contributed by atoms with Crippen molar-refractivity contribution in [1.82, 2.24) is 10.3 Å². The lowest BCUT2D eigenvalue weighted by atomic mass is 10.1. The van der Waals surface area contributed by atoms with Crippen LogP contribution in [0.25, 0.3) is 0 Å². The second kappa shape index (κ2) is 6.24. The number of ether oxygens (including phenoxy) is 1. The first-order valence-electron chi connectivity index (χ1n) is 6.51. The number of nitrogens with one attached hydrogen (secondary N) is 1. The molecular weight excluding hydrogens is 288 g/mol. The molecule has 1 N–H and O–H groups in total. The van der Waals surface area contributed by atoms with E-state index in [1.165, 1.54) is 18.4 Å². The van der Waals surface area contributed by atoms with E-state index >= 15 is 0 Å². The van der Waals surface area contributed by atoms with Crippen molar-refractivity contribution in [2.45, 2.75) is 17.9 Å². The average molecular weight is 306 g/mol. The topological polar surface area (TPSA) is 68.3 Å². The summed E-state index contributed by atoms with van der Waals surface area (Å²) in [5.41, 5.74) is 1.04. The number of hydrogen-bond acceptors (Lipinski definition) is 5. The van der Waals surface area contributed by atoms with Gasteiger partial charge in [0.25, 0.3) is 0 Å². The van der Waals surface area contributed by atoms with Crippen LogP contribution in [0.5, 0.6) is 11.6 Å². The van der Waals surface area contributed by atoms with Gasteiger partial charge in [0, 0.05) is 24.6 Å². The number of pyridine rings is 1. The zero-order valence-corrected chi connectivity index (χ0v) is 13.0. The molecule has 1 unspecified atom stereocenters. The number of aromatic nitrogens is 1. The van der Waals surface area contributed by atoms with E-state index in [0.717, 1.165) is 5.56 Å². The van der Waals surface area contributed by atoms with Gasteiger partial charge >= 0.3 is 0 Å². The van der Waals surface area contributed by atoms with Gasteiger partial charge in [-0.3, -0.25) is 0 Å². The number of sulfone groups is 1. The first-order chi connectivity index (χ1) is 9.90. The van der Waals surface area contributed by atoms with Crippen LogP contribution in [0.4, 0.5) is 0 Å². The molecule has 2 rings (SSSR count). The zero-order valence-electron chi connectivity index (χ0n) is 12.2. The largest absolute Gasteiger partial charge is 0.439 e. The van der Waals surface area contributed by atoms with E-state index in [0.29, 0.717) is 11.6 Å². The van der Waals surface area contributed by atoms with Crippen molar-refractivity contribution in [2.24, 2.45) is 0 Å². The Morgan fingerprint density at radius 1 is 1.24 bits per heavy atom. The van der Waals surface area contributed by atoms with Gasteiger partial charge in [-0.15, -0.1) is 0 Å². The molecule has 0 aliphatic heterocycles. The van der Waals surface area contributed by atoms with Gasteiger partial charge in [-0.2, -0.15) is 0 Å². The minimum Gasteiger partial charge on any atom is -0.439 e. The molecule has 5 nitrogen and oxygen atoms in total. The SMILES string of the molecule is CNC(C)c1ccnc(Oc2cccc(S(C)(=O)=O)c2)c1. The summed E-state index contributed by atoms with van der Waals surface area (Å²) in [5.74, 6) is 0.875. The summed E-state index contributed by atoms with van der Waals surface area (Å²) in [4.78, 5) is 4.37. The highest BCUT2D eigenvalue weighted by Crippen LogP contribution is 2.24. The predicted octanol–water partition coefficient (Wildman–Crippen LogP) is 2.56. The molecule has 1 aromatic heterocycles. The minimum atomic E-state index is -3.25. The maximum atomic E-state index is 11.5. The maximum absolute atomic E-state index is 11.5. The standard InChI is InChI=1S/C15H18N2O3S/c1-11(16-2)12-7-8-17-15(9-12)20-13-5-4-6-14(10-13)21(3,18)19/h4-11,16H,1-3H3. The third-order valence-corrected chi connectivity index (χ3v) is 4.26. The molecule has 0 bridgehead atoms. The number of nitrogens with zero attached hydrogens (tertiary/aromatic N) is 1. The van der Waals surface area contributed by atoms with E-state index in [-0.39, 0.29) is 10.9 Å². The van der Waals surface area contributed by atoms with Crippen LogP contribution in [0.1, 0.15) is 18.5 Å². The molecule has 6 heteroatoms. The lowest BCUT2D eigenvalue weighted by Gasteiger charge is -2.12. The molecule has 1 aromatic carbocycles. The third-order valence-electron chi connectivity index (χ3n) is 3.15. The quantitative estimate of drug-likeness (QED) is 0.919. The molecule has 0 saturated carbocycles. The van der Waals surface area contributed by atoms with Crippen molar-refractivity contribution in [1.29, 1.82) is 0 Å². The van der Waals surface area contributed by atoms with Gasteiger partial charge in [0.2, 0.25) is 5.88 Å². The van der Waals surface area contributed by atoms with E-state index < -0.39 is 9.84 Å². The Balaban J connectivity index is 2.26. The first-order valence-corrected chi connectivity index (χ1v) is 8.40. The molecule has 0 radical (unpaired) electrons. The molecule has 112 valence electrons. The third kappa shape index (κ3) is 4.03. The molecule has 1 atom stereocenters. The summed E-state index contributed by atoms with van der Waals surface area (Å²) in [6.45, 7) is 2.03. The molecule has 0 saturated heterocycles. The highest BCUT2D eigenvalue weighted by Gasteiger charge is 2.09. The Kier molecular flexibility index (Phi) is 4.59. The van der Waals surface area contributed by atoms with Gasteiger partial charge in [0.05, 0.1) is 4.90 Å². The van der Waals surface area contributed by atoms with Crippen LogP contribution >= 0.6 is 0 Å². The van der Waals surface area contributed by atoms with Crippen LogP contribution in [-0.2, 0) is 9.84 Å². The first kappa shape index (κ1) is 15.5.